The number of fused-ring (bicyclic) bond motifs is 1. The zero-order chi connectivity index (χ0) is 12.6. The molecule has 0 bridgehead atoms. The molecule has 0 radical (unpaired) electrons. The van der Waals surface area contributed by atoms with E-state index < -0.39 is 12.0 Å². The third-order valence-corrected chi connectivity index (χ3v) is 2.54. The maximum Gasteiger partial charge on any atom is 0.268 e. The molecule has 0 spiro atoms. The molecule has 1 aromatic carbocycles. The van der Waals surface area contributed by atoms with Gasteiger partial charge in [0.25, 0.3) is 5.91 Å². The van der Waals surface area contributed by atoms with E-state index in [1.165, 1.54) is 4.90 Å². The lowest BCUT2D eigenvalue weighted by Crippen LogP contribution is -2.48. The molecule has 90 valence electrons. The number of carbonyl (C=O) groups excluding carboxylic acids is 2. The van der Waals surface area contributed by atoms with Gasteiger partial charge in [-0.25, -0.2) is 0 Å². The van der Waals surface area contributed by atoms with Gasteiger partial charge in [0.05, 0.1) is 11.4 Å². The molecule has 2 amide bonds. The van der Waals surface area contributed by atoms with Gasteiger partial charge in [-0.2, -0.15) is 0 Å². The highest BCUT2D eigenvalue weighted by Crippen LogP contribution is 2.38. The van der Waals surface area contributed by atoms with Gasteiger partial charge in [-0.15, -0.1) is 0 Å². The number of rotatable bonds is 2. The predicted molar refractivity (Wildman–Crippen MR) is 62.5 cm³/mol. The molecule has 4 N–H and O–H groups in total. The summed E-state index contributed by atoms with van der Waals surface area (Å²) in [5, 5.41) is 0. The standard InChI is InChI=1S/C11H13N3O3/c1-6-11(16)14(5-9(13)15)8-4-2-3-7(12)10(8)17-6/h2-4,6H,5,12H2,1H3,(H2,13,15). The van der Waals surface area contributed by atoms with E-state index in [2.05, 4.69) is 0 Å². The summed E-state index contributed by atoms with van der Waals surface area (Å²) in [6, 6.07) is 5.02. The number of nitrogen functional groups attached to an aromatic ring is 1. The molecule has 1 aliphatic rings. The van der Waals surface area contributed by atoms with E-state index in [0.717, 1.165) is 0 Å². The van der Waals surface area contributed by atoms with Gasteiger partial charge in [0.2, 0.25) is 5.91 Å². The predicted octanol–water partition coefficient (Wildman–Crippen LogP) is -0.132. The maximum absolute atomic E-state index is 11.9. The zero-order valence-corrected chi connectivity index (χ0v) is 9.34. The van der Waals surface area contributed by atoms with Crippen molar-refractivity contribution >= 4 is 23.2 Å². The Morgan fingerprint density at radius 2 is 2.24 bits per heavy atom. The average Bonchev–Trinajstić information content (AvgIpc) is 2.26. The van der Waals surface area contributed by atoms with E-state index >= 15 is 0 Å². The molecule has 1 unspecified atom stereocenters. The summed E-state index contributed by atoms with van der Waals surface area (Å²) in [5.74, 6) is -0.469. The number of benzene rings is 1. The SMILES string of the molecule is CC1Oc2c(N)cccc2N(CC(N)=O)C1=O. The highest BCUT2D eigenvalue weighted by molar-refractivity contribution is 6.04. The van der Waals surface area contributed by atoms with Crippen molar-refractivity contribution in [3.05, 3.63) is 18.2 Å². The van der Waals surface area contributed by atoms with Gasteiger partial charge in [-0.05, 0) is 19.1 Å². The normalized spacial score (nSPS) is 18.5. The van der Waals surface area contributed by atoms with Crippen LogP contribution < -0.4 is 21.1 Å². The summed E-state index contributed by atoms with van der Waals surface area (Å²) in [6.07, 6.45) is -0.674. The van der Waals surface area contributed by atoms with Gasteiger partial charge in [-0.3, -0.25) is 14.5 Å². The second kappa shape index (κ2) is 3.97. The molecular formula is C11H13N3O3. The Balaban J connectivity index is 2.49. The second-order valence-electron chi connectivity index (χ2n) is 3.85. The number of nitrogens with zero attached hydrogens (tertiary/aromatic N) is 1. The first-order valence-corrected chi connectivity index (χ1v) is 5.15. The number of primary amides is 1. The summed E-state index contributed by atoms with van der Waals surface area (Å²) in [4.78, 5) is 24.2. The third-order valence-electron chi connectivity index (χ3n) is 2.54. The van der Waals surface area contributed by atoms with Crippen molar-refractivity contribution in [2.75, 3.05) is 17.2 Å². The fourth-order valence-corrected chi connectivity index (χ4v) is 1.77. The number of amides is 2. The van der Waals surface area contributed by atoms with E-state index in [1.54, 1.807) is 25.1 Å². The van der Waals surface area contributed by atoms with Gasteiger partial charge in [0.15, 0.2) is 11.9 Å². The van der Waals surface area contributed by atoms with Gasteiger partial charge < -0.3 is 16.2 Å². The number of hydrogen-bond donors (Lipinski definition) is 2. The number of para-hydroxylation sites is 1. The molecule has 1 atom stereocenters. The van der Waals surface area contributed by atoms with E-state index in [0.29, 0.717) is 17.1 Å². The van der Waals surface area contributed by atoms with E-state index in [1.807, 2.05) is 0 Å². The maximum atomic E-state index is 11.9. The molecule has 1 aliphatic heterocycles. The molecule has 0 saturated heterocycles. The summed E-state index contributed by atoms with van der Waals surface area (Å²) in [5.41, 5.74) is 11.8. The van der Waals surface area contributed by atoms with Crippen molar-refractivity contribution in [2.24, 2.45) is 5.73 Å². The second-order valence-corrected chi connectivity index (χ2v) is 3.85. The topological polar surface area (TPSA) is 98.7 Å². The van der Waals surface area contributed by atoms with Crippen molar-refractivity contribution in [1.29, 1.82) is 0 Å². The monoisotopic (exact) mass is 235 g/mol. The van der Waals surface area contributed by atoms with Crippen LogP contribution in [-0.2, 0) is 9.59 Å². The first-order valence-electron chi connectivity index (χ1n) is 5.15. The van der Waals surface area contributed by atoms with E-state index in [-0.39, 0.29) is 12.5 Å². The van der Waals surface area contributed by atoms with Crippen LogP contribution in [0, 0.1) is 0 Å². The van der Waals surface area contributed by atoms with Crippen molar-refractivity contribution < 1.29 is 14.3 Å². The number of hydrogen-bond acceptors (Lipinski definition) is 4. The van der Waals surface area contributed by atoms with Crippen molar-refractivity contribution in [3.8, 4) is 5.75 Å². The molecule has 1 heterocycles. The average molecular weight is 235 g/mol. The minimum Gasteiger partial charge on any atom is -0.477 e. The Hall–Kier alpha value is -2.24. The summed E-state index contributed by atoms with van der Waals surface area (Å²) >= 11 is 0. The largest absolute Gasteiger partial charge is 0.477 e. The molecule has 6 heteroatoms. The highest BCUT2D eigenvalue weighted by Gasteiger charge is 2.33. The molecule has 6 nitrogen and oxygen atoms in total. The third kappa shape index (κ3) is 1.89. The van der Waals surface area contributed by atoms with Crippen LogP contribution in [-0.4, -0.2) is 24.5 Å². The van der Waals surface area contributed by atoms with Crippen LogP contribution in [0.15, 0.2) is 18.2 Å². The Labute approximate surface area is 98.1 Å². The molecular weight excluding hydrogens is 222 g/mol. The highest BCUT2D eigenvalue weighted by atomic mass is 16.5. The first-order chi connectivity index (χ1) is 8.00. The molecule has 1 aromatic rings. The first kappa shape index (κ1) is 11.3. The Morgan fingerprint density at radius 1 is 1.53 bits per heavy atom. The Morgan fingerprint density at radius 3 is 2.88 bits per heavy atom. The van der Waals surface area contributed by atoms with Crippen molar-refractivity contribution in [3.63, 3.8) is 0 Å². The molecule has 17 heavy (non-hydrogen) atoms. The lowest BCUT2D eigenvalue weighted by Gasteiger charge is -2.32. The van der Waals surface area contributed by atoms with E-state index in [9.17, 15) is 9.59 Å². The fourth-order valence-electron chi connectivity index (χ4n) is 1.77. The zero-order valence-electron chi connectivity index (χ0n) is 9.34. The Bertz CT molecular complexity index is 487. The van der Waals surface area contributed by atoms with Gasteiger partial charge >= 0.3 is 0 Å². The molecule has 2 rings (SSSR count). The van der Waals surface area contributed by atoms with Crippen molar-refractivity contribution in [1.82, 2.24) is 0 Å². The number of nitrogens with two attached hydrogens (primary N) is 2. The van der Waals surface area contributed by atoms with Crippen LogP contribution in [0.25, 0.3) is 0 Å². The summed E-state index contributed by atoms with van der Waals surface area (Å²) < 4.78 is 5.42. The minimum atomic E-state index is -0.674. The molecule has 0 aromatic heterocycles. The summed E-state index contributed by atoms with van der Waals surface area (Å²) in [6.45, 7) is 1.43. The fraction of sp³-hybridized carbons (Fsp3) is 0.273. The lowest BCUT2D eigenvalue weighted by atomic mass is 10.1. The molecule has 0 fully saturated rings. The van der Waals surface area contributed by atoms with Gasteiger partial charge in [0.1, 0.15) is 6.54 Å². The number of anilines is 2. The Kier molecular flexibility index (Phi) is 2.63. The van der Waals surface area contributed by atoms with Crippen LogP contribution in [0.3, 0.4) is 0 Å². The number of carbonyl (C=O) groups is 2. The van der Waals surface area contributed by atoms with Crippen LogP contribution in [0.5, 0.6) is 5.75 Å². The quantitative estimate of drug-likeness (QED) is 0.697. The van der Waals surface area contributed by atoms with E-state index in [4.69, 9.17) is 16.2 Å². The lowest BCUT2D eigenvalue weighted by molar-refractivity contribution is -0.127. The number of ether oxygens (including phenoxy) is 1. The van der Waals surface area contributed by atoms with Gasteiger partial charge in [0, 0.05) is 0 Å². The van der Waals surface area contributed by atoms with Gasteiger partial charge in [-0.1, -0.05) is 6.07 Å². The van der Waals surface area contributed by atoms with Crippen molar-refractivity contribution in [2.45, 2.75) is 13.0 Å². The molecule has 0 saturated carbocycles. The smallest absolute Gasteiger partial charge is 0.268 e. The summed E-state index contributed by atoms with van der Waals surface area (Å²) in [7, 11) is 0. The molecule has 0 aliphatic carbocycles. The van der Waals surface area contributed by atoms with Crippen LogP contribution in [0.4, 0.5) is 11.4 Å². The van der Waals surface area contributed by atoms with Crippen LogP contribution in [0.2, 0.25) is 0 Å². The van der Waals surface area contributed by atoms with Crippen LogP contribution in [0.1, 0.15) is 6.92 Å². The minimum absolute atomic E-state index is 0.178. The van der Waals surface area contributed by atoms with Crippen LogP contribution >= 0.6 is 0 Å².